The van der Waals surface area contributed by atoms with Gasteiger partial charge in [0.1, 0.15) is 0 Å². The Morgan fingerprint density at radius 2 is 1.68 bits per heavy atom. The lowest BCUT2D eigenvalue weighted by Gasteiger charge is -2.30. The summed E-state index contributed by atoms with van der Waals surface area (Å²) in [6.07, 6.45) is 10.1. The van der Waals surface area contributed by atoms with Crippen molar-refractivity contribution in [1.29, 1.82) is 0 Å². The summed E-state index contributed by atoms with van der Waals surface area (Å²) in [6.45, 7) is 0.611. The van der Waals surface area contributed by atoms with Crippen LogP contribution in [0.2, 0.25) is 0 Å². The minimum Gasteiger partial charge on any atom is -0.480 e. The highest BCUT2D eigenvalue weighted by molar-refractivity contribution is 5.69. The van der Waals surface area contributed by atoms with Crippen LogP contribution in [0.4, 0.5) is 0 Å². The van der Waals surface area contributed by atoms with Gasteiger partial charge in [-0.05, 0) is 25.2 Å². The fourth-order valence-corrected chi connectivity index (χ4v) is 3.76. The van der Waals surface area contributed by atoms with Crippen molar-refractivity contribution in [3.8, 4) is 0 Å². The number of carbonyl (C=O) groups is 1. The smallest absolute Gasteiger partial charge is 0.317 e. The van der Waals surface area contributed by atoms with Crippen molar-refractivity contribution in [2.45, 2.75) is 69.9 Å². The summed E-state index contributed by atoms with van der Waals surface area (Å²) in [5, 5.41) is 19.2. The van der Waals surface area contributed by atoms with Crippen LogP contribution in [0.25, 0.3) is 0 Å². The van der Waals surface area contributed by atoms with Crippen molar-refractivity contribution < 1.29 is 15.0 Å². The van der Waals surface area contributed by atoms with Gasteiger partial charge in [0.2, 0.25) is 0 Å². The normalized spacial score (nSPS) is 23.3. The van der Waals surface area contributed by atoms with Crippen LogP contribution in [0.5, 0.6) is 0 Å². The molecule has 19 heavy (non-hydrogen) atoms. The first kappa shape index (κ1) is 14.8. The van der Waals surface area contributed by atoms with E-state index in [2.05, 4.69) is 0 Å². The second-order valence-corrected chi connectivity index (χ2v) is 6.30. The third kappa shape index (κ3) is 4.77. The summed E-state index contributed by atoms with van der Waals surface area (Å²) in [4.78, 5) is 13.0. The summed E-state index contributed by atoms with van der Waals surface area (Å²) in [6, 6.07) is 0.370. The average Bonchev–Trinajstić information content (AvgIpc) is 2.99. The van der Waals surface area contributed by atoms with Crippen molar-refractivity contribution >= 4 is 5.97 Å². The largest absolute Gasteiger partial charge is 0.480 e. The number of aliphatic hydroxyl groups is 1. The molecule has 0 radical (unpaired) electrons. The first-order chi connectivity index (χ1) is 9.15. The number of hydrogen-bond donors (Lipinski definition) is 2. The zero-order chi connectivity index (χ0) is 13.7. The number of hydrogen-bond acceptors (Lipinski definition) is 3. The van der Waals surface area contributed by atoms with Crippen LogP contribution in [-0.2, 0) is 4.79 Å². The molecule has 1 unspecified atom stereocenters. The Morgan fingerprint density at radius 1 is 1.11 bits per heavy atom. The fraction of sp³-hybridized carbons (Fsp3) is 0.933. The number of carboxylic acid groups (broad SMARTS) is 1. The van der Waals surface area contributed by atoms with E-state index in [1.807, 2.05) is 4.90 Å². The predicted molar refractivity (Wildman–Crippen MR) is 74.0 cm³/mol. The van der Waals surface area contributed by atoms with Crippen LogP contribution in [-0.4, -0.2) is 46.3 Å². The molecule has 4 heteroatoms. The Labute approximate surface area is 115 Å². The summed E-state index contributed by atoms with van der Waals surface area (Å²) in [5.74, 6) is -0.120. The minimum atomic E-state index is -0.778. The van der Waals surface area contributed by atoms with Crippen LogP contribution in [0.1, 0.15) is 57.8 Å². The van der Waals surface area contributed by atoms with Gasteiger partial charge in [-0.15, -0.1) is 0 Å². The molecule has 0 aromatic rings. The Kier molecular flexibility index (Phi) is 5.64. The lowest BCUT2D eigenvalue weighted by molar-refractivity contribution is -0.139. The van der Waals surface area contributed by atoms with E-state index < -0.39 is 5.97 Å². The molecule has 2 fully saturated rings. The van der Waals surface area contributed by atoms with Gasteiger partial charge in [-0.1, -0.05) is 38.5 Å². The van der Waals surface area contributed by atoms with E-state index in [4.69, 9.17) is 5.11 Å². The van der Waals surface area contributed by atoms with Gasteiger partial charge in [0, 0.05) is 12.6 Å². The van der Waals surface area contributed by atoms with Gasteiger partial charge in [0.05, 0.1) is 12.6 Å². The van der Waals surface area contributed by atoms with Gasteiger partial charge in [0.15, 0.2) is 0 Å². The molecule has 110 valence electrons. The van der Waals surface area contributed by atoms with Crippen LogP contribution in [0.15, 0.2) is 0 Å². The van der Waals surface area contributed by atoms with Gasteiger partial charge in [-0.3, -0.25) is 9.69 Å². The molecule has 0 aromatic carbocycles. The van der Waals surface area contributed by atoms with Crippen molar-refractivity contribution in [3.63, 3.8) is 0 Å². The molecule has 0 amide bonds. The van der Waals surface area contributed by atoms with Crippen molar-refractivity contribution in [3.05, 3.63) is 0 Å². The molecule has 4 nitrogen and oxygen atoms in total. The van der Waals surface area contributed by atoms with E-state index in [9.17, 15) is 9.90 Å². The molecule has 0 heterocycles. The fourth-order valence-electron chi connectivity index (χ4n) is 3.76. The van der Waals surface area contributed by atoms with E-state index in [1.54, 1.807) is 0 Å². The number of carboxylic acids is 1. The molecule has 0 aliphatic heterocycles. The maximum Gasteiger partial charge on any atom is 0.317 e. The van der Waals surface area contributed by atoms with E-state index in [-0.39, 0.29) is 12.6 Å². The summed E-state index contributed by atoms with van der Waals surface area (Å²) in [5.41, 5.74) is 0. The third-order valence-corrected chi connectivity index (χ3v) is 4.70. The number of nitrogens with zero attached hydrogens (tertiary/aromatic N) is 1. The van der Waals surface area contributed by atoms with Gasteiger partial charge < -0.3 is 10.2 Å². The molecule has 0 saturated heterocycles. The van der Waals surface area contributed by atoms with Gasteiger partial charge in [0.25, 0.3) is 0 Å². The summed E-state index contributed by atoms with van der Waals surface area (Å²) < 4.78 is 0. The van der Waals surface area contributed by atoms with E-state index in [0.29, 0.717) is 18.5 Å². The Hall–Kier alpha value is -0.610. The summed E-state index contributed by atoms with van der Waals surface area (Å²) >= 11 is 0. The SMILES string of the molecule is O=C(O)CN(CC(O)CC1CCCC1)C1CCCC1. The van der Waals surface area contributed by atoms with Crippen molar-refractivity contribution in [2.24, 2.45) is 5.92 Å². The van der Waals surface area contributed by atoms with Gasteiger partial charge in [-0.25, -0.2) is 0 Å². The second-order valence-electron chi connectivity index (χ2n) is 6.30. The lowest BCUT2D eigenvalue weighted by Crippen LogP contribution is -2.42. The van der Waals surface area contributed by atoms with Crippen molar-refractivity contribution in [1.82, 2.24) is 4.90 Å². The zero-order valence-corrected chi connectivity index (χ0v) is 11.8. The average molecular weight is 269 g/mol. The zero-order valence-electron chi connectivity index (χ0n) is 11.8. The van der Waals surface area contributed by atoms with E-state index in [0.717, 1.165) is 19.3 Å². The molecule has 2 rings (SSSR count). The molecule has 0 spiro atoms. The molecular weight excluding hydrogens is 242 g/mol. The van der Waals surface area contributed by atoms with Crippen molar-refractivity contribution in [2.75, 3.05) is 13.1 Å². The van der Waals surface area contributed by atoms with Gasteiger partial charge in [-0.2, -0.15) is 0 Å². The molecule has 2 N–H and O–H groups in total. The lowest BCUT2D eigenvalue weighted by atomic mass is 9.99. The van der Waals surface area contributed by atoms with Crippen LogP contribution >= 0.6 is 0 Å². The maximum atomic E-state index is 11.0. The Balaban J connectivity index is 1.81. The molecule has 2 aliphatic rings. The van der Waals surface area contributed by atoms with Crippen LogP contribution in [0.3, 0.4) is 0 Å². The summed E-state index contributed by atoms with van der Waals surface area (Å²) in [7, 11) is 0. The Morgan fingerprint density at radius 3 is 2.26 bits per heavy atom. The molecule has 1 atom stereocenters. The first-order valence-electron chi connectivity index (χ1n) is 7.79. The molecule has 0 aromatic heterocycles. The highest BCUT2D eigenvalue weighted by atomic mass is 16.4. The molecular formula is C15H27NO3. The van der Waals surface area contributed by atoms with Crippen LogP contribution < -0.4 is 0 Å². The third-order valence-electron chi connectivity index (χ3n) is 4.70. The monoisotopic (exact) mass is 269 g/mol. The highest BCUT2D eigenvalue weighted by Crippen LogP contribution is 2.29. The van der Waals surface area contributed by atoms with E-state index in [1.165, 1.54) is 38.5 Å². The second kappa shape index (κ2) is 7.25. The standard InChI is InChI=1S/C15H27NO3/c17-14(9-12-5-1-2-6-12)10-16(11-15(18)19)13-7-3-4-8-13/h12-14,17H,1-11H2,(H,18,19). The number of aliphatic hydroxyl groups excluding tert-OH is 1. The Bertz CT molecular complexity index is 283. The van der Waals surface area contributed by atoms with E-state index >= 15 is 0 Å². The number of rotatable bonds is 7. The molecule has 2 aliphatic carbocycles. The quantitative estimate of drug-likeness (QED) is 0.744. The molecule has 2 saturated carbocycles. The maximum absolute atomic E-state index is 11.0. The highest BCUT2D eigenvalue weighted by Gasteiger charge is 2.27. The molecule has 0 bridgehead atoms. The first-order valence-corrected chi connectivity index (χ1v) is 7.79. The predicted octanol–water partition coefficient (Wildman–Crippen LogP) is 2.26. The van der Waals surface area contributed by atoms with Crippen LogP contribution in [0, 0.1) is 5.92 Å². The minimum absolute atomic E-state index is 0.0758. The number of aliphatic carboxylic acids is 1. The van der Waals surface area contributed by atoms with Gasteiger partial charge >= 0.3 is 5.97 Å². The topological polar surface area (TPSA) is 60.8 Å².